The molecule has 0 radical (unpaired) electrons. The van der Waals surface area contributed by atoms with Gasteiger partial charge in [0.1, 0.15) is 5.58 Å². The molecule has 1 amide bonds. The number of carbonyl (C=O) groups is 1. The number of amides is 1. The molecular formula is C23H17NO4. The van der Waals surface area contributed by atoms with Gasteiger partial charge in [0.25, 0.3) is 5.91 Å². The standard InChI is InChI=1S/C23H17NO4/c25-23(21-13-16-7-4-5-11-19(16)28-21)24(18-9-2-1-3-10-18)14-17-8-6-12-20-22(17)27-15-26-20/h1-13H,14-15H2. The first kappa shape index (κ1) is 16.4. The van der Waals surface area contributed by atoms with Crippen molar-refractivity contribution in [2.24, 2.45) is 0 Å². The second-order valence-electron chi connectivity index (χ2n) is 6.53. The number of fused-ring (bicyclic) bond motifs is 2. The number of carbonyl (C=O) groups excluding carboxylic acids is 1. The van der Waals surface area contributed by atoms with E-state index in [0.717, 1.165) is 16.6 Å². The molecule has 3 aromatic carbocycles. The van der Waals surface area contributed by atoms with Crippen molar-refractivity contribution < 1.29 is 18.7 Å². The van der Waals surface area contributed by atoms with E-state index < -0.39 is 0 Å². The van der Waals surface area contributed by atoms with Gasteiger partial charge in [-0.05, 0) is 30.3 Å². The number of ether oxygens (including phenoxy) is 2. The Morgan fingerprint density at radius 2 is 1.71 bits per heavy atom. The zero-order valence-electron chi connectivity index (χ0n) is 15.0. The van der Waals surface area contributed by atoms with Crippen LogP contribution in [0.4, 0.5) is 5.69 Å². The van der Waals surface area contributed by atoms with E-state index in [1.165, 1.54) is 0 Å². The summed E-state index contributed by atoms with van der Waals surface area (Å²) < 4.78 is 16.9. The molecule has 4 aromatic rings. The third-order valence-corrected chi connectivity index (χ3v) is 4.76. The highest BCUT2D eigenvalue weighted by molar-refractivity contribution is 6.06. The van der Waals surface area contributed by atoms with E-state index in [1.54, 1.807) is 11.0 Å². The third kappa shape index (κ3) is 2.87. The maximum atomic E-state index is 13.4. The molecule has 0 fully saturated rings. The maximum Gasteiger partial charge on any atom is 0.294 e. The molecule has 1 aromatic heterocycles. The molecule has 28 heavy (non-hydrogen) atoms. The summed E-state index contributed by atoms with van der Waals surface area (Å²) in [6.45, 7) is 0.529. The van der Waals surface area contributed by atoms with Gasteiger partial charge < -0.3 is 18.8 Å². The second-order valence-corrected chi connectivity index (χ2v) is 6.53. The Labute approximate surface area is 161 Å². The monoisotopic (exact) mass is 371 g/mol. The highest BCUT2D eigenvalue weighted by Crippen LogP contribution is 2.37. The quantitative estimate of drug-likeness (QED) is 0.506. The van der Waals surface area contributed by atoms with E-state index >= 15 is 0 Å². The number of nitrogens with zero attached hydrogens (tertiary/aromatic N) is 1. The first-order valence-electron chi connectivity index (χ1n) is 9.02. The van der Waals surface area contributed by atoms with E-state index in [2.05, 4.69) is 0 Å². The summed E-state index contributed by atoms with van der Waals surface area (Å²) >= 11 is 0. The summed E-state index contributed by atoms with van der Waals surface area (Å²) in [4.78, 5) is 15.1. The largest absolute Gasteiger partial charge is 0.454 e. The molecule has 0 bridgehead atoms. The van der Waals surface area contributed by atoms with Crippen LogP contribution >= 0.6 is 0 Å². The van der Waals surface area contributed by atoms with E-state index in [4.69, 9.17) is 13.9 Å². The molecule has 0 N–H and O–H groups in total. The highest BCUT2D eigenvalue weighted by atomic mass is 16.7. The SMILES string of the molecule is O=C(c1cc2ccccc2o1)N(Cc1cccc2c1OCO2)c1ccccc1. The summed E-state index contributed by atoms with van der Waals surface area (Å²) in [5, 5.41) is 0.899. The summed E-state index contributed by atoms with van der Waals surface area (Å²) in [6, 6.07) is 24.6. The van der Waals surface area contributed by atoms with Crippen molar-refractivity contribution >= 4 is 22.6 Å². The number of para-hydroxylation sites is 3. The number of hydrogen-bond donors (Lipinski definition) is 0. The zero-order chi connectivity index (χ0) is 18.9. The van der Waals surface area contributed by atoms with Crippen molar-refractivity contribution in [2.45, 2.75) is 6.54 Å². The summed E-state index contributed by atoms with van der Waals surface area (Å²) in [6.07, 6.45) is 0. The first-order valence-corrected chi connectivity index (χ1v) is 9.02. The molecule has 0 saturated carbocycles. The number of anilines is 1. The Morgan fingerprint density at radius 1 is 0.893 bits per heavy atom. The van der Waals surface area contributed by atoms with Crippen molar-refractivity contribution in [2.75, 3.05) is 11.7 Å². The molecule has 0 unspecified atom stereocenters. The predicted molar refractivity (Wildman–Crippen MR) is 106 cm³/mol. The van der Waals surface area contributed by atoms with Crippen LogP contribution < -0.4 is 14.4 Å². The van der Waals surface area contributed by atoms with Crippen LogP contribution in [0.1, 0.15) is 16.1 Å². The number of hydrogen-bond acceptors (Lipinski definition) is 4. The van der Waals surface area contributed by atoms with Crippen LogP contribution in [0.5, 0.6) is 11.5 Å². The molecule has 0 spiro atoms. The number of furan rings is 1. The smallest absolute Gasteiger partial charge is 0.294 e. The van der Waals surface area contributed by atoms with Gasteiger partial charge in [0.05, 0.1) is 6.54 Å². The van der Waals surface area contributed by atoms with Gasteiger partial charge in [0.15, 0.2) is 17.3 Å². The lowest BCUT2D eigenvalue weighted by Gasteiger charge is -2.22. The van der Waals surface area contributed by atoms with Crippen LogP contribution in [0, 0.1) is 0 Å². The van der Waals surface area contributed by atoms with Crippen LogP contribution in [-0.2, 0) is 6.54 Å². The van der Waals surface area contributed by atoms with Crippen LogP contribution in [-0.4, -0.2) is 12.7 Å². The van der Waals surface area contributed by atoms with Gasteiger partial charge in [-0.2, -0.15) is 0 Å². The summed E-state index contributed by atoms with van der Waals surface area (Å²) in [5.41, 5.74) is 2.35. The van der Waals surface area contributed by atoms with Gasteiger partial charge in [0.2, 0.25) is 6.79 Å². The fraction of sp³-hybridized carbons (Fsp3) is 0.0870. The Kier molecular flexibility index (Phi) is 3.98. The molecular weight excluding hydrogens is 354 g/mol. The number of rotatable bonds is 4. The van der Waals surface area contributed by atoms with Gasteiger partial charge in [-0.15, -0.1) is 0 Å². The van der Waals surface area contributed by atoms with E-state index in [0.29, 0.717) is 29.4 Å². The molecule has 5 heteroatoms. The molecule has 0 saturated heterocycles. The van der Waals surface area contributed by atoms with Gasteiger partial charge in [-0.3, -0.25) is 4.79 Å². The second kappa shape index (κ2) is 6.78. The molecule has 5 rings (SSSR count). The van der Waals surface area contributed by atoms with Gasteiger partial charge in [-0.25, -0.2) is 0 Å². The minimum absolute atomic E-state index is 0.190. The topological polar surface area (TPSA) is 51.9 Å². The Hall–Kier alpha value is -3.73. The highest BCUT2D eigenvalue weighted by Gasteiger charge is 2.25. The van der Waals surface area contributed by atoms with Crippen molar-refractivity contribution in [1.29, 1.82) is 0 Å². The van der Waals surface area contributed by atoms with Crippen molar-refractivity contribution in [3.05, 3.63) is 90.2 Å². The lowest BCUT2D eigenvalue weighted by molar-refractivity contribution is 0.0960. The van der Waals surface area contributed by atoms with Crippen molar-refractivity contribution in [3.63, 3.8) is 0 Å². The molecule has 1 aliphatic rings. The summed E-state index contributed by atoms with van der Waals surface area (Å²) in [7, 11) is 0. The molecule has 138 valence electrons. The number of benzene rings is 3. The van der Waals surface area contributed by atoms with Crippen molar-refractivity contribution in [1.82, 2.24) is 0 Å². The fourth-order valence-electron chi connectivity index (χ4n) is 3.39. The average molecular weight is 371 g/mol. The Bertz CT molecular complexity index is 1120. The van der Waals surface area contributed by atoms with E-state index in [1.807, 2.05) is 72.8 Å². The minimum atomic E-state index is -0.209. The van der Waals surface area contributed by atoms with E-state index in [9.17, 15) is 4.79 Å². The van der Waals surface area contributed by atoms with E-state index in [-0.39, 0.29) is 12.7 Å². The minimum Gasteiger partial charge on any atom is -0.454 e. The van der Waals surface area contributed by atoms with Gasteiger partial charge >= 0.3 is 0 Å². The van der Waals surface area contributed by atoms with Crippen LogP contribution in [0.15, 0.2) is 83.3 Å². The van der Waals surface area contributed by atoms with Crippen LogP contribution in [0.3, 0.4) is 0 Å². The average Bonchev–Trinajstić information content (AvgIpc) is 3.39. The molecule has 1 aliphatic heterocycles. The molecule has 0 aliphatic carbocycles. The molecule has 2 heterocycles. The molecule has 5 nitrogen and oxygen atoms in total. The predicted octanol–water partition coefficient (Wildman–Crippen LogP) is 5.01. The lowest BCUT2D eigenvalue weighted by Crippen LogP contribution is -2.30. The normalized spacial score (nSPS) is 12.3. The Morgan fingerprint density at radius 3 is 2.57 bits per heavy atom. The van der Waals surface area contributed by atoms with Gasteiger partial charge in [0, 0.05) is 16.6 Å². The molecule has 0 atom stereocenters. The van der Waals surface area contributed by atoms with Gasteiger partial charge in [-0.1, -0.05) is 48.5 Å². The lowest BCUT2D eigenvalue weighted by atomic mass is 10.1. The maximum absolute atomic E-state index is 13.4. The Balaban J connectivity index is 1.55. The van der Waals surface area contributed by atoms with Crippen LogP contribution in [0.25, 0.3) is 11.0 Å². The zero-order valence-corrected chi connectivity index (χ0v) is 15.0. The van der Waals surface area contributed by atoms with Crippen molar-refractivity contribution in [3.8, 4) is 11.5 Å². The van der Waals surface area contributed by atoms with Crippen LogP contribution in [0.2, 0.25) is 0 Å². The summed E-state index contributed by atoms with van der Waals surface area (Å²) in [5.74, 6) is 1.47. The fourth-order valence-corrected chi connectivity index (χ4v) is 3.39. The third-order valence-electron chi connectivity index (χ3n) is 4.76. The first-order chi connectivity index (χ1) is 13.8.